The number of hydrogen-bond acceptors (Lipinski definition) is 2. The van der Waals surface area contributed by atoms with Gasteiger partial charge in [-0.25, -0.2) is 0 Å². The van der Waals surface area contributed by atoms with Crippen molar-refractivity contribution >= 4 is 0 Å². The first kappa shape index (κ1) is 16.9. The smallest absolute Gasteiger partial charge is 0.122 e. The van der Waals surface area contributed by atoms with Crippen LogP contribution in [-0.2, 0) is 13.0 Å². The van der Waals surface area contributed by atoms with E-state index < -0.39 is 0 Å². The highest BCUT2D eigenvalue weighted by atomic mass is 16.5. The molecule has 26 heavy (non-hydrogen) atoms. The van der Waals surface area contributed by atoms with E-state index in [2.05, 4.69) is 85.0 Å². The zero-order valence-electron chi connectivity index (χ0n) is 15.2. The zero-order chi connectivity index (χ0) is 17.8. The molecule has 0 radical (unpaired) electrons. The van der Waals surface area contributed by atoms with Crippen LogP contribution >= 0.6 is 0 Å². The molecule has 1 heterocycles. The van der Waals surface area contributed by atoms with Gasteiger partial charge in [0.2, 0.25) is 0 Å². The fraction of sp³-hybridized carbons (Fsp3) is 0.250. The molecule has 0 aliphatic carbocycles. The van der Waals surface area contributed by atoms with Gasteiger partial charge < -0.3 is 10.1 Å². The van der Waals surface area contributed by atoms with Gasteiger partial charge in [-0.2, -0.15) is 0 Å². The van der Waals surface area contributed by atoms with Crippen molar-refractivity contribution in [1.82, 2.24) is 5.32 Å². The highest BCUT2D eigenvalue weighted by molar-refractivity contribution is 5.63. The lowest BCUT2D eigenvalue weighted by Crippen LogP contribution is -2.42. The molecule has 4 rings (SSSR count). The van der Waals surface area contributed by atoms with Crippen LogP contribution < -0.4 is 10.1 Å². The van der Waals surface area contributed by atoms with Crippen LogP contribution in [-0.4, -0.2) is 12.1 Å². The summed E-state index contributed by atoms with van der Waals surface area (Å²) in [6.07, 6.45) is 2.38. The molecule has 1 aliphatic heterocycles. The van der Waals surface area contributed by atoms with Gasteiger partial charge in [0.15, 0.2) is 0 Å². The van der Waals surface area contributed by atoms with Gasteiger partial charge in [-0.05, 0) is 54.2 Å². The van der Waals surface area contributed by atoms with E-state index in [1.807, 2.05) is 6.07 Å². The lowest BCUT2D eigenvalue weighted by Gasteiger charge is -2.31. The molecule has 2 unspecified atom stereocenters. The zero-order valence-corrected chi connectivity index (χ0v) is 15.2. The molecule has 2 heteroatoms. The van der Waals surface area contributed by atoms with Crippen molar-refractivity contribution in [2.45, 2.75) is 38.5 Å². The van der Waals surface area contributed by atoms with Gasteiger partial charge in [0.05, 0.1) is 0 Å². The summed E-state index contributed by atoms with van der Waals surface area (Å²) in [7, 11) is 0. The van der Waals surface area contributed by atoms with E-state index >= 15 is 0 Å². The first-order chi connectivity index (χ1) is 12.8. The quantitative estimate of drug-likeness (QED) is 0.685. The first-order valence-corrected chi connectivity index (χ1v) is 9.42. The number of nitrogens with one attached hydrogen (secondary N) is 1. The summed E-state index contributed by atoms with van der Waals surface area (Å²) >= 11 is 0. The van der Waals surface area contributed by atoms with E-state index in [1.54, 1.807) is 0 Å². The van der Waals surface area contributed by atoms with E-state index in [1.165, 1.54) is 22.3 Å². The molecule has 0 aromatic heterocycles. The number of para-hydroxylation sites is 1. The summed E-state index contributed by atoms with van der Waals surface area (Å²) in [6.45, 7) is 3.07. The van der Waals surface area contributed by atoms with Crippen molar-refractivity contribution < 1.29 is 4.74 Å². The second-order valence-corrected chi connectivity index (χ2v) is 7.04. The second kappa shape index (κ2) is 7.76. The van der Waals surface area contributed by atoms with Gasteiger partial charge in [-0.3, -0.25) is 0 Å². The summed E-state index contributed by atoms with van der Waals surface area (Å²) in [4.78, 5) is 0. The molecule has 2 atom stereocenters. The Morgan fingerprint density at radius 2 is 1.69 bits per heavy atom. The third-order valence-electron chi connectivity index (χ3n) is 5.17. The van der Waals surface area contributed by atoms with Crippen LogP contribution in [0.4, 0.5) is 0 Å². The number of aryl methyl sites for hydroxylation is 1. The van der Waals surface area contributed by atoms with Gasteiger partial charge in [0, 0.05) is 12.6 Å². The molecule has 132 valence electrons. The molecular formula is C24H25NO. The van der Waals surface area contributed by atoms with Crippen molar-refractivity contribution in [2.24, 2.45) is 0 Å². The fourth-order valence-electron chi connectivity index (χ4n) is 3.60. The maximum Gasteiger partial charge on any atom is 0.122 e. The van der Waals surface area contributed by atoms with E-state index in [-0.39, 0.29) is 6.10 Å². The minimum absolute atomic E-state index is 0.224. The van der Waals surface area contributed by atoms with Crippen LogP contribution in [0.1, 0.15) is 24.5 Å². The Hall–Kier alpha value is -2.58. The molecule has 0 fully saturated rings. The first-order valence-electron chi connectivity index (χ1n) is 9.42. The van der Waals surface area contributed by atoms with Crippen molar-refractivity contribution in [1.29, 1.82) is 0 Å². The lowest BCUT2D eigenvalue weighted by molar-refractivity contribution is 0.135. The summed E-state index contributed by atoms with van der Waals surface area (Å²) in [5, 5.41) is 3.65. The topological polar surface area (TPSA) is 21.3 Å². The van der Waals surface area contributed by atoms with Crippen LogP contribution in [0.25, 0.3) is 11.1 Å². The largest absolute Gasteiger partial charge is 0.489 e. The minimum atomic E-state index is 0.224. The number of fused-ring (bicyclic) bond motifs is 1. The van der Waals surface area contributed by atoms with Gasteiger partial charge >= 0.3 is 0 Å². The van der Waals surface area contributed by atoms with Crippen LogP contribution in [0.3, 0.4) is 0 Å². The predicted octanol–water partition coefficient (Wildman–Crippen LogP) is 5.23. The molecule has 0 amide bonds. The van der Waals surface area contributed by atoms with Crippen molar-refractivity contribution in [2.75, 3.05) is 0 Å². The molecule has 3 aromatic carbocycles. The maximum atomic E-state index is 6.21. The summed E-state index contributed by atoms with van der Waals surface area (Å²) < 4.78 is 6.21. The maximum absolute atomic E-state index is 6.21. The van der Waals surface area contributed by atoms with Crippen LogP contribution in [0.15, 0.2) is 78.9 Å². The number of hydrogen-bond donors (Lipinski definition) is 1. The van der Waals surface area contributed by atoms with Crippen molar-refractivity contribution in [3.05, 3.63) is 90.0 Å². The van der Waals surface area contributed by atoms with E-state index in [9.17, 15) is 0 Å². The average Bonchev–Trinajstić information content (AvgIpc) is 2.72. The molecule has 2 nitrogen and oxygen atoms in total. The minimum Gasteiger partial charge on any atom is -0.489 e. The van der Waals surface area contributed by atoms with Crippen molar-refractivity contribution in [3.8, 4) is 16.9 Å². The Morgan fingerprint density at radius 1 is 0.923 bits per heavy atom. The molecule has 0 saturated carbocycles. The van der Waals surface area contributed by atoms with Crippen LogP contribution in [0, 0.1) is 0 Å². The molecule has 1 aliphatic rings. The van der Waals surface area contributed by atoms with Crippen molar-refractivity contribution in [3.63, 3.8) is 0 Å². The van der Waals surface area contributed by atoms with Crippen LogP contribution in [0.5, 0.6) is 5.75 Å². The predicted molar refractivity (Wildman–Crippen MR) is 107 cm³/mol. The van der Waals surface area contributed by atoms with Gasteiger partial charge in [0.25, 0.3) is 0 Å². The average molecular weight is 343 g/mol. The molecule has 0 spiro atoms. The molecule has 1 N–H and O–H groups in total. The Morgan fingerprint density at radius 3 is 2.58 bits per heavy atom. The van der Waals surface area contributed by atoms with E-state index in [0.717, 1.165) is 25.1 Å². The molecular weight excluding hydrogens is 318 g/mol. The highest BCUT2D eigenvalue weighted by Gasteiger charge is 2.24. The third kappa shape index (κ3) is 3.81. The normalized spacial score (nSPS) is 17.2. The van der Waals surface area contributed by atoms with Gasteiger partial charge in [-0.15, -0.1) is 0 Å². The lowest BCUT2D eigenvalue weighted by atomic mass is 9.98. The summed E-state index contributed by atoms with van der Waals surface area (Å²) in [6, 6.07) is 28.0. The SMILES string of the molecule is CC(NCc1cccc(-c2ccccc2)c1)C1CCc2ccccc2O1. The number of ether oxygens (including phenoxy) is 1. The van der Waals surface area contributed by atoms with E-state index in [0.29, 0.717) is 6.04 Å². The fourth-order valence-corrected chi connectivity index (χ4v) is 3.60. The van der Waals surface area contributed by atoms with Crippen LogP contribution in [0.2, 0.25) is 0 Å². The van der Waals surface area contributed by atoms with E-state index in [4.69, 9.17) is 4.74 Å². The van der Waals surface area contributed by atoms with Gasteiger partial charge in [0.1, 0.15) is 11.9 Å². The monoisotopic (exact) mass is 343 g/mol. The Balaban J connectivity index is 1.39. The Labute approximate surface area is 155 Å². The highest BCUT2D eigenvalue weighted by Crippen LogP contribution is 2.28. The third-order valence-corrected chi connectivity index (χ3v) is 5.17. The number of benzene rings is 3. The second-order valence-electron chi connectivity index (χ2n) is 7.04. The Bertz CT molecular complexity index is 859. The molecule has 0 bridgehead atoms. The summed E-state index contributed by atoms with van der Waals surface area (Å²) in [5.74, 6) is 1.04. The molecule has 3 aromatic rings. The van der Waals surface area contributed by atoms with Gasteiger partial charge in [-0.1, -0.05) is 66.7 Å². The standard InChI is InChI=1S/C24H25NO/c1-18(23-15-14-21-11-5-6-13-24(21)26-23)25-17-19-8-7-12-22(16-19)20-9-3-2-4-10-20/h2-13,16,18,23,25H,14-15,17H2,1H3. The number of rotatable bonds is 5. The summed E-state index contributed by atoms with van der Waals surface area (Å²) in [5.41, 5.74) is 5.15. The molecule has 0 saturated heterocycles. The Kier molecular flexibility index (Phi) is 5.03.